The molecule has 152 valence electrons. The van der Waals surface area contributed by atoms with E-state index in [0.29, 0.717) is 63.7 Å². The van der Waals surface area contributed by atoms with E-state index in [0.717, 1.165) is 5.69 Å². The van der Waals surface area contributed by atoms with Crippen LogP contribution in [-0.4, -0.2) is 73.2 Å². The number of piperazine rings is 1. The zero-order chi connectivity index (χ0) is 20.2. The summed E-state index contributed by atoms with van der Waals surface area (Å²) in [6.45, 7) is 4.94. The molecule has 3 heterocycles. The number of nitro benzene ring substituents is 1. The Bertz CT molecular complexity index is 878. The number of hydrogen-bond donors (Lipinski definition) is 0. The van der Waals surface area contributed by atoms with Crippen molar-refractivity contribution in [2.24, 2.45) is 0 Å². The van der Waals surface area contributed by atoms with Gasteiger partial charge in [0, 0.05) is 63.4 Å². The zero-order valence-corrected chi connectivity index (χ0v) is 16.1. The molecular weight excluding hydrogens is 374 g/mol. The number of carbonyl (C=O) groups is 1. The standard InChI is InChI=1S/C20H23N5O4/c26-20(16-2-1-5-21-15-16)24-8-6-22(7-9-24)17-3-4-18(25(27)28)19(14-17)23-10-12-29-13-11-23/h1-5,14-15H,6-13H2. The highest BCUT2D eigenvalue weighted by Gasteiger charge is 2.26. The van der Waals surface area contributed by atoms with Gasteiger partial charge >= 0.3 is 0 Å². The van der Waals surface area contributed by atoms with Crippen LogP contribution in [0.1, 0.15) is 10.4 Å². The molecule has 1 aromatic carbocycles. The van der Waals surface area contributed by atoms with Gasteiger partial charge in [-0.05, 0) is 24.3 Å². The Balaban J connectivity index is 1.48. The first kappa shape index (κ1) is 19.1. The maximum atomic E-state index is 12.6. The molecule has 29 heavy (non-hydrogen) atoms. The number of amides is 1. The maximum Gasteiger partial charge on any atom is 0.292 e. The number of nitrogens with zero attached hydrogens (tertiary/aromatic N) is 5. The van der Waals surface area contributed by atoms with Gasteiger partial charge in [-0.3, -0.25) is 19.9 Å². The van der Waals surface area contributed by atoms with Crippen molar-refractivity contribution in [1.82, 2.24) is 9.88 Å². The molecule has 2 fully saturated rings. The maximum absolute atomic E-state index is 12.6. The number of ether oxygens (including phenoxy) is 1. The fraction of sp³-hybridized carbons (Fsp3) is 0.400. The Hall–Kier alpha value is -3.20. The summed E-state index contributed by atoms with van der Waals surface area (Å²) < 4.78 is 5.37. The Morgan fingerprint density at radius 2 is 1.79 bits per heavy atom. The second-order valence-corrected chi connectivity index (χ2v) is 7.05. The normalized spacial score (nSPS) is 17.3. The molecule has 4 rings (SSSR count). The second kappa shape index (κ2) is 8.44. The number of carbonyl (C=O) groups excluding carboxylic acids is 1. The Morgan fingerprint density at radius 3 is 2.45 bits per heavy atom. The number of anilines is 2. The summed E-state index contributed by atoms with van der Waals surface area (Å²) in [5.41, 5.74) is 2.27. The molecule has 0 atom stereocenters. The summed E-state index contributed by atoms with van der Waals surface area (Å²) in [5.74, 6) is -0.0181. The van der Waals surface area contributed by atoms with E-state index in [2.05, 4.69) is 9.88 Å². The molecule has 2 aliphatic rings. The van der Waals surface area contributed by atoms with Crippen molar-refractivity contribution in [3.63, 3.8) is 0 Å². The van der Waals surface area contributed by atoms with E-state index in [4.69, 9.17) is 4.74 Å². The van der Waals surface area contributed by atoms with E-state index in [1.807, 2.05) is 15.9 Å². The summed E-state index contributed by atoms with van der Waals surface area (Å²) in [6, 6.07) is 8.79. The number of nitro groups is 1. The molecule has 1 aromatic heterocycles. The van der Waals surface area contributed by atoms with Crippen molar-refractivity contribution in [3.05, 3.63) is 58.4 Å². The molecule has 0 aliphatic carbocycles. The van der Waals surface area contributed by atoms with E-state index < -0.39 is 0 Å². The number of hydrogen-bond acceptors (Lipinski definition) is 7. The van der Waals surface area contributed by atoms with Gasteiger partial charge in [-0.2, -0.15) is 0 Å². The largest absolute Gasteiger partial charge is 0.378 e. The van der Waals surface area contributed by atoms with Gasteiger partial charge in [-0.25, -0.2) is 0 Å². The SMILES string of the molecule is O=C(c1cccnc1)N1CCN(c2ccc([N+](=O)[O-])c(N3CCOCC3)c2)CC1. The third kappa shape index (κ3) is 4.14. The molecule has 2 saturated heterocycles. The first-order valence-corrected chi connectivity index (χ1v) is 9.69. The molecule has 0 spiro atoms. The van der Waals surface area contributed by atoms with Crippen LogP contribution in [0.4, 0.5) is 17.1 Å². The number of morpholine rings is 1. The lowest BCUT2D eigenvalue weighted by molar-refractivity contribution is -0.384. The van der Waals surface area contributed by atoms with Gasteiger partial charge in [0.25, 0.3) is 11.6 Å². The van der Waals surface area contributed by atoms with Crippen molar-refractivity contribution in [1.29, 1.82) is 0 Å². The molecule has 0 N–H and O–H groups in total. The van der Waals surface area contributed by atoms with Gasteiger partial charge in [0.2, 0.25) is 0 Å². The van der Waals surface area contributed by atoms with Crippen molar-refractivity contribution in [2.75, 3.05) is 62.3 Å². The molecule has 0 radical (unpaired) electrons. The predicted molar refractivity (Wildman–Crippen MR) is 108 cm³/mol. The summed E-state index contributed by atoms with van der Waals surface area (Å²) in [4.78, 5) is 33.8. The molecule has 0 unspecified atom stereocenters. The van der Waals surface area contributed by atoms with Crippen molar-refractivity contribution in [2.45, 2.75) is 0 Å². The minimum Gasteiger partial charge on any atom is -0.378 e. The van der Waals surface area contributed by atoms with Crippen LogP contribution in [0, 0.1) is 10.1 Å². The first-order valence-electron chi connectivity index (χ1n) is 9.69. The van der Waals surface area contributed by atoms with Gasteiger partial charge in [-0.15, -0.1) is 0 Å². The summed E-state index contributed by atoms with van der Waals surface area (Å²) in [7, 11) is 0. The average molecular weight is 397 g/mol. The highest BCUT2D eigenvalue weighted by atomic mass is 16.6. The van der Waals surface area contributed by atoms with E-state index in [9.17, 15) is 14.9 Å². The molecule has 0 saturated carbocycles. The van der Waals surface area contributed by atoms with E-state index >= 15 is 0 Å². The lowest BCUT2D eigenvalue weighted by Gasteiger charge is -2.36. The zero-order valence-electron chi connectivity index (χ0n) is 16.1. The third-order valence-electron chi connectivity index (χ3n) is 5.35. The van der Waals surface area contributed by atoms with Crippen LogP contribution < -0.4 is 9.80 Å². The lowest BCUT2D eigenvalue weighted by atomic mass is 10.1. The van der Waals surface area contributed by atoms with Gasteiger partial charge in [-0.1, -0.05) is 0 Å². The fourth-order valence-corrected chi connectivity index (χ4v) is 3.76. The second-order valence-electron chi connectivity index (χ2n) is 7.05. The van der Waals surface area contributed by atoms with Gasteiger partial charge < -0.3 is 19.4 Å². The Kier molecular flexibility index (Phi) is 5.57. The number of pyridine rings is 1. The van der Waals surface area contributed by atoms with Crippen LogP contribution in [0.3, 0.4) is 0 Å². The van der Waals surface area contributed by atoms with Gasteiger partial charge in [0.15, 0.2) is 0 Å². The van der Waals surface area contributed by atoms with Crippen LogP contribution >= 0.6 is 0 Å². The average Bonchev–Trinajstić information content (AvgIpc) is 2.79. The smallest absolute Gasteiger partial charge is 0.292 e. The molecule has 2 aromatic rings. The van der Waals surface area contributed by atoms with Crippen LogP contribution in [0.15, 0.2) is 42.7 Å². The van der Waals surface area contributed by atoms with Crippen molar-refractivity contribution in [3.8, 4) is 0 Å². The van der Waals surface area contributed by atoms with E-state index in [1.54, 1.807) is 36.7 Å². The predicted octanol–water partition coefficient (Wildman–Crippen LogP) is 1.79. The summed E-state index contributed by atoms with van der Waals surface area (Å²) >= 11 is 0. The van der Waals surface area contributed by atoms with Crippen molar-refractivity contribution >= 4 is 23.0 Å². The summed E-state index contributed by atoms with van der Waals surface area (Å²) in [6.07, 6.45) is 3.23. The van der Waals surface area contributed by atoms with Crippen molar-refractivity contribution < 1.29 is 14.5 Å². The quantitative estimate of drug-likeness (QED) is 0.574. The highest BCUT2D eigenvalue weighted by molar-refractivity contribution is 5.94. The first-order chi connectivity index (χ1) is 14.1. The molecular formula is C20H23N5O4. The number of benzene rings is 1. The van der Waals surface area contributed by atoms with Crippen LogP contribution in [-0.2, 0) is 4.74 Å². The lowest BCUT2D eigenvalue weighted by Crippen LogP contribution is -2.48. The van der Waals surface area contributed by atoms with Gasteiger partial charge in [0.1, 0.15) is 5.69 Å². The highest BCUT2D eigenvalue weighted by Crippen LogP contribution is 2.33. The minimum absolute atomic E-state index is 0.0181. The monoisotopic (exact) mass is 397 g/mol. The molecule has 0 bridgehead atoms. The van der Waals surface area contributed by atoms with Crippen LogP contribution in [0.5, 0.6) is 0 Å². The minimum atomic E-state index is -0.334. The van der Waals surface area contributed by atoms with E-state index in [-0.39, 0.29) is 16.5 Å². The molecule has 9 nitrogen and oxygen atoms in total. The topological polar surface area (TPSA) is 92.0 Å². The van der Waals surface area contributed by atoms with Gasteiger partial charge in [0.05, 0.1) is 23.7 Å². The number of rotatable bonds is 4. The van der Waals surface area contributed by atoms with E-state index in [1.165, 1.54) is 0 Å². The molecule has 1 amide bonds. The third-order valence-corrected chi connectivity index (χ3v) is 5.35. The summed E-state index contributed by atoms with van der Waals surface area (Å²) in [5, 5.41) is 11.5. The fourth-order valence-electron chi connectivity index (χ4n) is 3.76. The Labute approximate surface area is 168 Å². The van der Waals surface area contributed by atoms with Crippen LogP contribution in [0.25, 0.3) is 0 Å². The Morgan fingerprint density at radius 1 is 1.03 bits per heavy atom. The van der Waals surface area contributed by atoms with Crippen LogP contribution in [0.2, 0.25) is 0 Å². The molecule has 2 aliphatic heterocycles. The number of aromatic nitrogens is 1. The molecule has 9 heteroatoms.